The third-order valence-electron chi connectivity index (χ3n) is 5.17. The molecule has 0 aliphatic rings. The summed E-state index contributed by atoms with van der Waals surface area (Å²) in [6.45, 7) is 1.97. The third-order valence-corrected chi connectivity index (χ3v) is 6.05. The van der Waals surface area contributed by atoms with E-state index in [1.165, 1.54) is 6.07 Å². The molecule has 0 radical (unpaired) electrons. The fraction of sp³-hybridized carbons (Fsp3) is 0.130. The second-order valence-electron chi connectivity index (χ2n) is 6.96. The number of rotatable bonds is 3. The van der Waals surface area contributed by atoms with E-state index in [-0.39, 0.29) is 5.82 Å². The van der Waals surface area contributed by atoms with Crippen LogP contribution in [0.15, 0.2) is 53.9 Å². The van der Waals surface area contributed by atoms with Gasteiger partial charge in [0, 0.05) is 40.0 Å². The van der Waals surface area contributed by atoms with Crippen molar-refractivity contribution in [3.63, 3.8) is 0 Å². The maximum Gasteiger partial charge on any atom is 0.143 e. The van der Waals surface area contributed by atoms with Crippen LogP contribution >= 0.6 is 11.3 Å². The average Bonchev–Trinajstić information content (AvgIpc) is 3.32. The second-order valence-corrected chi connectivity index (χ2v) is 7.82. The topological polar surface area (TPSA) is 39.9 Å². The Morgan fingerprint density at radius 1 is 1.03 bits per heavy atom. The second kappa shape index (κ2) is 6.67. The number of hydrogen-bond acceptors (Lipinski definition) is 4. The summed E-state index contributed by atoms with van der Waals surface area (Å²) < 4.78 is 21.7. The molecule has 5 aromatic rings. The van der Waals surface area contributed by atoms with Crippen molar-refractivity contribution < 1.29 is 9.13 Å². The normalized spacial score (nSPS) is 11.4. The minimum absolute atomic E-state index is 0.262. The van der Waals surface area contributed by atoms with E-state index in [1.807, 2.05) is 54.3 Å². The SMILES string of the molecule is COc1ccc(-c2nc(-c3cccc(C)n3)cs2)c2c3cc(F)ccc3n(C)c12. The van der Waals surface area contributed by atoms with E-state index in [1.54, 1.807) is 30.6 Å². The first-order chi connectivity index (χ1) is 14.1. The highest BCUT2D eigenvalue weighted by atomic mass is 32.1. The Bertz CT molecular complexity index is 1390. The van der Waals surface area contributed by atoms with Crippen molar-refractivity contribution in [1.29, 1.82) is 0 Å². The van der Waals surface area contributed by atoms with Crippen LogP contribution in [-0.4, -0.2) is 21.6 Å². The van der Waals surface area contributed by atoms with Gasteiger partial charge in [-0.3, -0.25) is 4.98 Å². The summed E-state index contributed by atoms with van der Waals surface area (Å²) in [5.41, 5.74) is 5.47. The minimum Gasteiger partial charge on any atom is -0.495 e. The first-order valence-corrected chi connectivity index (χ1v) is 10.1. The van der Waals surface area contributed by atoms with Crippen LogP contribution in [0.25, 0.3) is 43.8 Å². The van der Waals surface area contributed by atoms with Crippen LogP contribution in [0.1, 0.15) is 5.69 Å². The summed E-state index contributed by atoms with van der Waals surface area (Å²) in [6, 6.07) is 14.7. The highest BCUT2D eigenvalue weighted by Gasteiger charge is 2.19. The fourth-order valence-electron chi connectivity index (χ4n) is 3.84. The standard InChI is InChI=1S/C23H18FN3OS/c1-13-5-4-6-17(25-13)18-12-29-23(26-18)15-8-10-20(28-3)22-21(15)16-11-14(24)7-9-19(16)27(22)2/h4-12H,1-3H3. The highest BCUT2D eigenvalue weighted by Crippen LogP contribution is 2.42. The monoisotopic (exact) mass is 403 g/mol. The molecule has 3 heterocycles. The van der Waals surface area contributed by atoms with E-state index in [9.17, 15) is 4.39 Å². The predicted molar refractivity (Wildman–Crippen MR) is 116 cm³/mol. The molecule has 0 fully saturated rings. The van der Waals surface area contributed by atoms with Gasteiger partial charge in [0.15, 0.2) is 0 Å². The number of methoxy groups -OCH3 is 1. The Balaban J connectivity index is 1.79. The number of pyridine rings is 1. The van der Waals surface area contributed by atoms with Gasteiger partial charge in [0.25, 0.3) is 0 Å². The maximum absolute atomic E-state index is 14.1. The molecule has 29 heavy (non-hydrogen) atoms. The molecule has 0 bridgehead atoms. The lowest BCUT2D eigenvalue weighted by Crippen LogP contribution is -1.92. The van der Waals surface area contributed by atoms with Gasteiger partial charge >= 0.3 is 0 Å². The summed E-state index contributed by atoms with van der Waals surface area (Å²) in [5.74, 6) is 0.488. The summed E-state index contributed by atoms with van der Waals surface area (Å²) in [4.78, 5) is 9.42. The van der Waals surface area contributed by atoms with Crippen LogP contribution in [0.4, 0.5) is 4.39 Å². The molecular weight excluding hydrogens is 385 g/mol. The number of fused-ring (bicyclic) bond motifs is 3. The Morgan fingerprint density at radius 3 is 2.69 bits per heavy atom. The Hall–Kier alpha value is -3.25. The lowest BCUT2D eigenvalue weighted by molar-refractivity contribution is 0.418. The van der Waals surface area contributed by atoms with E-state index >= 15 is 0 Å². The Kier molecular flexibility index (Phi) is 4.10. The summed E-state index contributed by atoms with van der Waals surface area (Å²) in [7, 11) is 3.62. The van der Waals surface area contributed by atoms with Crippen molar-refractivity contribution in [2.45, 2.75) is 6.92 Å². The number of aromatic nitrogens is 3. The molecule has 0 unspecified atom stereocenters. The molecular formula is C23H18FN3OS. The number of aryl methyl sites for hydroxylation is 2. The van der Waals surface area contributed by atoms with Crippen LogP contribution in [0.2, 0.25) is 0 Å². The van der Waals surface area contributed by atoms with Gasteiger partial charge in [-0.2, -0.15) is 0 Å². The van der Waals surface area contributed by atoms with Gasteiger partial charge < -0.3 is 9.30 Å². The number of hydrogen-bond donors (Lipinski definition) is 0. The number of thiazole rings is 1. The van der Waals surface area contributed by atoms with Crippen LogP contribution in [0.3, 0.4) is 0 Å². The molecule has 0 N–H and O–H groups in total. The van der Waals surface area contributed by atoms with Crippen molar-refractivity contribution in [3.8, 4) is 27.7 Å². The van der Waals surface area contributed by atoms with Crippen LogP contribution in [0.5, 0.6) is 5.75 Å². The molecule has 5 rings (SSSR count). The maximum atomic E-state index is 14.1. The molecule has 3 aromatic heterocycles. The van der Waals surface area contributed by atoms with Crippen molar-refractivity contribution >= 4 is 33.1 Å². The predicted octanol–water partition coefficient (Wildman–Crippen LogP) is 5.97. The number of halogens is 1. The molecule has 0 saturated heterocycles. The minimum atomic E-state index is -0.262. The van der Waals surface area contributed by atoms with Gasteiger partial charge in [-0.1, -0.05) is 6.07 Å². The van der Waals surface area contributed by atoms with Gasteiger partial charge in [-0.05, 0) is 49.4 Å². The van der Waals surface area contributed by atoms with Crippen molar-refractivity contribution in [2.24, 2.45) is 7.05 Å². The molecule has 0 saturated carbocycles. The molecule has 144 valence electrons. The summed E-state index contributed by atoms with van der Waals surface area (Å²) >= 11 is 1.56. The van der Waals surface area contributed by atoms with E-state index in [4.69, 9.17) is 9.72 Å². The molecule has 2 aromatic carbocycles. The van der Waals surface area contributed by atoms with Gasteiger partial charge in [0.05, 0.1) is 18.3 Å². The lowest BCUT2D eigenvalue weighted by atomic mass is 10.1. The molecule has 0 spiro atoms. The van der Waals surface area contributed by atoms with Gasteiger partial charge in [-0.15, -0.1) is 11.3 Å². The highest BCUT2D eigenvalue weighted by molar-refractivity contribution is 7.13. The van der Waals surface area contributed by atoms with Crippen molar-refractivity contribution in [3.05, 3.63) is 65.4 Å². The van der Waals surface area contributed by atoms with Crippen molar-refractivity contribution in [1.82, 2.24) is 14.5 Å². The van der Waals surface area contributed by atoms with Crippen LogP contribution in [-0.2, 0) is 7.05 Å². The first kappa shape index (κ1) is 17.8. The van der Waals surface area contributed by atoms with E-state index in [0.717, 1.165) is 55.2 Å². The van der Waals surface area contributed by atoms with Crippen molar-refractivity contribution in [2.75, 3.05) is 7.11 Å². The number of benzene rings is 2. The fourth-order valence-corrected chi connectivity index (χ4v) is 4.69. The van der Waals surface area contributed by atoms with E-state index in [2.05, 4.69) is 4.98 Å². The number of nitrogens with zero attached hydrogens (tertiary/aromatic N) is 3. The van der Waals surface area contributed by atoms with Gasteiger partial charge in [-0.25, -0.2) is 9.37 Å². The van der Waals surface area contributed by atoms with Crippen LogP contribution in [0, 0.1) is 12.7 Å². The quantitative estimate of drug-likeness (QED) is 0.372. The largest absolute Gasteiger partial charge is 0.495 e. The molecule has 0 atom stereocenters. The van der Waals surface area contributed by atoms with E-state index in [0.29, 0.717) is 0 Å². The van der Waals surface area contributed by atoms with Crippen LogP contribution < -0.4 is 4.74 Å². The zero-order valence-corrected chi connectivity index (χ0v) is 17.0. The molecule has 4 nitrogen and oxygen atoms in total. The lowest BCUT2D eigenvalue weighted by Gasteiger charge is -2.07. The smallest absolute Gasteiger partial charge is 0.143 e. The zero-order valence-electron chi connectivity index (χ0n) is 16.2. The molecule has 0 aliphatic heterocycles. The first-order valence-electron chi connectivity index (χ1n) is 9.21. The summed E-state index contributed by atoms with van der Waals surface area (Å²) in [6.07, 6.45) is 0. The number of ether oxygens (including phenoxy) is 1. The third kappa shape index (κ3) is 2.79. The van der Waals surface area contributed by atoms with E-state index < -0.39 is 0 Å². The Labute approximate surface area is 171 Å². The molecule has 6 heteroatoms. The Morgan fingerprint density at radius 2 is 1.90 bits per heavy atom. The average molecular weight is 403 g/mol. The molecule has 0 aliphatic carbocycles. The summed E-state index contributed by atoms with van der Waals surface area (Å²) in [5, 5.41) is 4.67. The van der Waals surface area contributed by atoms with Gasteiger partial charge in [0.2, 0.25) is 0 Å². The molecule has 0 amide bonds. The zero-order chi connectivity index (χ0) is 20.1. The van der Waals surface area contributed by atoms with Gasteiger partial charge in [0.1, 0.15) is 22.3 Å².